The van der Waals surface area contributed by atoms with E-state index >= 15 is 0 Å². The van der Waals surface area contributed by atoms with Crippen LogP contribution in [0.25, 0.3) is 0 Å². The Morgan fingerprint density at radius 3 is 3.00 bits per heavy atom. The van der Waals surface area contributed by atoms with Gasteiger partial charge in [0.05, 0.1) is 19.1 Å². The standard InChI is InChI=1S/C13H16FNO3/c14-11-4-2-1-3-10(11)12-9-15(7-8-18-12)6-5-13(16)17/h1-4,12H,5-9H2,(H,16,17). The van der Waals surface area contributed by atoms with E-state index in [1.165, 1.54) is 6.07 Å². The molecule has 0 radical (unpaired) electrons. The molecule has 1 atom stereocenters. The van der Waals surface area contributed by atoms with Crippen molar-refractivity contribution >= 4 is 5.97 Å². The summed E-state index contributed by atoms with van der Waals surface area (Å²) in [5.74, 6) is -1.09. The minimum absolute atomic E-state index is 0.101. The third-order valence-corrected chi connectivity index (χ3v) is 3.04. The molecule has 98 valence electrons. The van der Waals surface area contributed by atoms with Gasteiger partial charge in [-0.15, -0.1) is 0 Å². The maximum Gasteiger partial charge on any atom is 0.304 e. The fourth-order valence-electron chi connectivity index (χ4n) is 2.08. The molecule has 0 spiro atoms. The number of nitrogens with zero attached hydrogens (tertiary/aromatic N) is 1. The van der Waals surface area contributed by atoms with Gasteiger partial charge in [-0.2, -0.15) is 0 Å². The quantitative estimate of drug-likeness (QED) is 0.886. The molecule has 1 heterocycles. The molecule has 1 aliphatic rings. The Balaban J connectivity index is 1.98. The molecular weight excluding hydrogens is 237 g/mol. The molecule has 0 bridgehead atoms. The molecule has 1 fully saturated rings. The summed E-state index contributed by atoms with van der Waals surface area (Å²) in [6.07, 6.45) is -0.210. The second-order valence-electron chi connectivity index (χ2n) is 4.33. The number of carboxylic acids is 1. The molecule has 5 heteroatoms. The van der Waals surface area contributed by atoms with Crippen LogP contribution < -0.4 is 0 Å². The minimum atomic E-state index is -0.816. The van der Waals surface area contributed by atoms with Crippen molar-refractivity contribution in [2.75, 3.05) is 26.2 Å². The Morgan fingerprint density at radius 1 is 1.50 bits per heavy atom. The first kappa shape index (κ1) is 13.0. The van der Waals surface area contributed by atoms with Gasteiger partial charge in [0.15, 0.2) is 0 Å². The lowest BCUT2D eigenvalue weighted by Gasteiger charge is -2.32. The van der Waals surface area contributed by atoms with Gasteiger partial charge in [0.1, 0.15) is 5.82 Å². The van der Waals surface area contributed by atoms with Crippen molar-refractivity contribution in [3.8, 4) is 0 Å². The number of carboxylic acid groups (broad SMARTS) is 1. The zero-order valence-corrected chi connectivity index (χ0v) is 10.0. The summed E-state index contributed by atoms with van der Waals surface area (Å²) in [5, 5.41) is 8.65. The molecule has 18 heavy (non-hydrogen) atoms. The SMILES string of the molecule is O=C(O)CCN1CCOC(c2ccccc2F)C1. The summed E-state index contributed by atoms with van der Waals surface area (Å²) in [6, 6.07) is 6.54. The fourth-order valence-corrected chi connectivity index (χ4v) is 2.08. The van der Waals surface area contributed by atoms with Gasteiger partial charge in [0.2, 0.25) is 0 Å². The smallest absolute Gasteiger partial charge is 0.304 e. The molecule has 1 unspecified atom stereocenters. The van der Waals surface area contributed by atoms with Crippen LogP contribution in [0.1, 0.15) is 18.1 Å². The van der Waals surface area contributed by atoms with Crippen LogP contribution in [0.4, 0.5) is 4.39 Å². The molecule has 0 amide bonds. The first-order chi connectivity index (χ1) is 8.66. The second-order valence-corrected chi connectivity index (χ2v) is 4.33. The summed E-state index contributed by atoms with van der Waals surface area (Å²) < 4.78 is 19.2. The topological polar surface area (TPSA) is 49.8 Å². The number of rotatable bonds is 4. The van der Waals surface area contributed by atoms with E-state index in [0.717, 1.165) is 0 Å². The van der Waals surface area contributed by atoms with Crippen molar-refractivity contribution in [3.63, 3.8) is 0 Å². The summed E-state index contributed by atoms with van der Waals surface area (Å²) in [6.45, 7) is 2.20. The fraction of sp³-hybridized carbons (Fsp3) is 0.462. The van der Waals surface area contributed by atoms with Crippen molar-refractivity contribution in [3.05, 3.63) is 35.6 Å². The lowest BCUT2D eigenvalue weighted by molar-refractivity contribution is -0.137. The second kappa shape index (κ2) is 5.93. The van der Waals surface area contributed by atoms with Crippen LogP contribution in [0.15, 0.2) is 24.3 Å². The highest BCUT2D eigenvalue weighted by Crippen LogP contribution is 2.24. The minimum Gasteiger partial charge on any atom is -0.481 e. The van der Waals surface area contributed by atoms with Gasteiger partial charge >= 0.3 is 5.97 Å². The van der Waals surface area contributed by atoms with Crippen molar-refractivity contribution in [1.29, 1.82) is 0 Å². The average Bonchev–Trinajstić information content (AvgIpc) is 2.37. The third-order valence-electron chi connectivity index (χ3n) is 3.04. The highest BCUT2D eigenvalue weighted by Gasteiger charge is 2.24. The monoisotopic (exact) mass is 253 g/mol. The van der Waals surface area contributed by atoms with Gasteiger partial charge in [-0.3, -0.25) is 9.69 Å². The number of morpholine rings is 1. The molecule has 1 N–H and O–H groups in total. The molecule has 0 saturated carbocycles. The molecule has 0 aromatic heterocycles. The van der Waals surface area contributed by atoms with Crippen molar-refractivity contribution in [2.24, 2.45) is 0 Å². The Kier molecular flexibility index (Phi) is 4.28. The van der Waals surface area contributed by atoms with E-state index in [9.17, 15) is 9.18 Å². The molecule has 4 nitrogen and oxygen atoms in total. The Labute approximate surface area is 105 Å². The van der Waals surface area contributed by atoms with Gasteiger partial charge in [-0.1, -0.05) is 18.2 Å². The van der Waals surface area contributed by atoms with Crippen molar-refractivity contribution in [2.45, 2.75) is 12.5 Å². The van der Waals surface area contributed by atoms with Gasteiger partial charge in [0.25, 0.3) is 0 Å². The van der Waals surface area contributed by atoms with Crippen LogP contribution in [0.2, 0.25) is 0 Å². The zero-order chi connectivity index (χ0) is 13.0. The van der Waals surface area contributed by atoms with Crippen LogP contribution in [0.5, 0.6) is 0 Å². The van der Waals surface area contributed by atoms with E-state index in [0.29, 0.717) is 31.8 Å². The predicted molar refractivity (Wildman–Crippen MR) is 63.8 cm³/mol. The van der Waals surface area contributed by atoms with Gasteiger partial charge < -0.3 is 9.84 Å². The summed E-state index contributed by atoms with van der Waals surface area (Å²) in [5.41, 5.74) is 0.539. The number of halogens is 1. The van der Waals surface area contributed by atoms with Crippen LogP contribution in [0, 0.1) is 5.82 Å². The third kappa shape index (κ3) is 3.27. The van der Waals surface area contributed by atoms with Crippen molar-refractivity contribution < 1.29 is 19.0 Å². The van der Waals surface area contributed by atoms with E-state index in [1.807, 2.05) is 4.90 Å². The van der Waals surface area contributed by atoms with Gasteiger partial charge in [0, 0.05) is 25.2 Å². The number of hydrogen-bond donors (Lipinski definition) is 1. The first-order valence-electron chi connectivity index (χ1n) is 5.97. The summed E-state index contributed by atoms with van der Waals surface area (Å²) in [4.78, 5) is 12.5. The Morgan fingerprint density at radius 2 is 2.28 bits per heavy atom. The zero-order valence-electron chi connectivity index (χ0n) is 10.0. The van der Waals surface area contributed by atoms with E-state index in [-0.39, 0.29) is 18.3 Å². The molecule has 1 aliphatic heterocycles. The van der Waals surface area contributed by atoms with E-state index < -0.39 is 5.97 Å². The maximum atomic E-state index is 13.6. The Bertz CT molecular complexity index is 424. The van der Waals surface area contributed by atoms with E-state index in [2.05, 4.69) is 0 Å². The maximum absolute atomic E-state index is 13.6. The van der Waals surface area contributed by atoms with Gasteiger partial charge in [-0.25, -0.2) is 4.39 Å². The largest absolute Gasteiger partial charge is 0.481 e. The van der Waals surface area contributed by atoms with Crippen LogP contribution in [-0.4, -0.2) is 42.2 Å². The highest BCUT2D eigenvalue weighted by atomic mass is 19.1. The first-order valence-corrected chi connectivity index (χ1v) is 5.97. The van der Waals surface area contributed by atoms with E-state index in [4.69, 9.17) is 9.84 Å². The highest BCUT2D eigenvalue weighted by molar-refractivity contribution is 5.66. The lowest BCUT2D eigenvalue weighted by Crippen LogP contribution is -2.39. The molecule has 1 aromatic carbocycles. The lowest BCUT2D eigenvalue weighted by atomic mass is 10.1. The number of benzene rings is 1. The number of aliphatic carboxylic acids is 1. The van der Waals surface area contributed by atoms with Crippen molar-refractivity contribution in [1.82, 2.24) is 4.90 Å². The number of carbonyl (C=O) groups is 1. The average molecular weight is 253 g/mol. The number of ether oxygens (including phenoxy) is 1. The molecular formula is C13H16FNO3. The van der Waals surface area contributed by atoms with Crippen LogP contribution in [0.3, 0.4) is 0 Å². The molecule has 0 aliphatic carbocycles. The van der Waals surface area contributed by atoms with Crippen LogP contribution in [-0.2, 0) is 9.53 Å². The molecule has 1 aromatic rings. The Hall–Kier alpha value is -1.46. The predicted octanol–water partition coefficient (Wildman–Crippen LogP) is 1.67. The van der Waals surface area contributed by atoms with Crippen LogP contribution >= 0.6 is 0 Å². The normalized spacial score (nSPS) is 20.8. The molecule has 1 saturated heterocycles. The summed E-state index contributed by atoms with van der Waals surface area (Å²) in [7, 11) is 0. The molecule has 2 rings (SSSR count). The summed E-state index contributed by atoms with van der Waals surface area (Å²) >= 11 is 0. The number of hydrogen-bond acceptors (Lipinski definition) is 3. The van der Waals surface area contributed by atoms with E-state index in [1.54, 1.807) is 18.2 Å². The van der Waals surface area contributed by atoms with Gasteiger partial charge in [-0.05, 0) is 6.07 Å².